The molecule has 0 saturated carbocycles. The van der Waals surface area contributed by atoms with Crippen molar-refractivity contribution in [1.82, 2.24) is 0 Å². The number of amides is 1. The van der Waals surface area contributed by atoms with Crippen molar-refractivity contribution in [3.63, 3.8) is 0 Å². The van der Waals surface area contributed by atoms with E-state index >= 15 is 0 Å². The quantitative estimate of drug-likeness (QED) is 0.676. The second-order valence-corrected chi connectivity index (χ2v) is 6.12. The maximum absolute atomic E-state index is 12.5. The van der Waals surface area contributed by atoms with Gasteiger partial charge in [0.15, 0.2) is 4.32 Å². The van der Waals surface area contributed by atoms with Gasteiger partial charge in [-0.15, -0.1) is 0 Å². The number of hydrogen-bond acceptors (Lipinski definition) is 4. The van der Waals surface area contributed by atoms with E-state index < -0.39 is 0 Å². The van der Waals surface area contributed by atoms with Crippen molar-refractivity contribution in [2.75, 3.05) is 4.90 Å². The maximum atomic E-state index is 12.5. The molecular formula is C16H11NO2S2. The van der Waals surface area contributed by atoms with Gasteiger partial charge in [0.05, 0.1) is 10.6 Å². The number of thioether (sulfide) groups is 1. The smallest absolute Gasteiger partial charge is 0.270 e. The van der Waals surface area contributed by atoms with Crippen molar-refractivity contribution >= 4 is 46.0 Å². The molecule has 1 N–H and O–H groups in total. The Morgan fingerprint density at radius 2 is 1.86 bits per heavy atom. The average molecular weight is 313 g/mol. The lowest BCUT2D eigenvalue weighted by Crippen LogP contribution is -2.27. The first-order valence-electron chi connectivity index (χ1n) is 6.27. The summed E-state index contributed by atoms with van der Waals surface area (Å²) in [5.74, 6) is -0.0620. The lowest BCUT2D eigenvalue weighted by Gasteiger charge is -2.14. The second kappa shape index (κ2) is 5.71. The Morgan fingerprint density at radius 3 is 2.57 bits per heavy atom. The molecule has 21 heavy (non-hydrogen) atoms. The van der Waals surface area contributed by atoms with E-state index in [-0.39, 0.29) is 11.7 Å². The number of phenolic OH excluding ortho intramolecular Hbond substituents is 1. The predicted molar refractivity (Wildman–Crippen MR) is 90.2 cm³/mol. The van der Waals surface area contributed by atoms with Crippen molar-refractivity contribution < 1.29 is 9.90 Å². The van der Waals surface area contributed by atoms with Crippen LogP contribution in [0.15, 0.2) is 59.5 Å². The highest BCUT2D eigenvalue weighted by Crippen LogP contribution is 2.36. The molecule has 0 unspecified atom stereocenters. The van der Waals surface area contributed by atoms with Gasteiger partial charge in [0.1, 0.15) is 5.75 Å². The van der Waals surface area contributed by atoms with Crippen LogP contribution in [0.4, 0.5) is 5.69 Å². The molecule has 0 aliphatic carbocycles. The van der Waals surface area contributed by atoms with E-state index in [0.717, 1.165) is 5.56 Å². The standard InChI is InChI=1S/C16H11NO2S2/c18-13-8-4-7-12(10-13)17-15(19)14(21-16(17)20)9-11-5-2-1-3-6-11/h1-10,18H/b14-9-. The summed E-state index contributed by atoms with van der Waals surface area (Å²) in [5.41, 5.74) is 1.53. The summed E-state index contributed by atoms with van der Waals surface area (Å²) in [7, 11) is 0. The summed E-state index contributed by atoms with van der Waals surface area (Å²) in [6.45, 7) is 0. The van der Waals surface area contributed by atoms with Gasteiger partial charge in [-0.3, -0.25) is 9.69 Å². The predicted octanol–water partition coefficient (Wildman–Crippen LogP) is 3.80. The largest absolute Gasteiger partial charge is 0.508 e. The number of anilines is 1. The first-order chi connectivity index (χ1) is 10.1. The van der Waals surface area contributed by atoms with E-state index in [0.29, 0.717) is 14.9 Å². The molecule has 0 aromatic heterocycles. The topological polar surface area (TPSA) is 40.5 Å². The molecule has 1 saturated heterocycles. The molecule has 2 aromatic rings. The Bertz CT molecular complexity index is 741. The lowest BCUT2D eigenvalue weighted by atomic mass is 10.2. The molecular weight excluding hydrogens is 302 g/mol. The van der Waals surface area contributed by atoms with Crippen LogP contribution >= 0.6 is 24.0 Å². The molecule has 1 aliphatic rings. The van der Waals surface area contributed by atoms with Crippen molar-refractivity contribution in [3.8, 4) is 5.75 Å². The van der Waals surface area contributed by atoms with Gasteiger partial charge in [-0.05, 0) is 23.8 Å². The maximum Gasteiger partial charge on any atom is 0.270 e. The number of carbonyl (C=O) groups excluding carboxylic acids is 1. The van der Waals surface area contributed by atoms with Crippen LogP contribution in [0.25, 0.3) is 6.08 Å². The molecule has 0 radical (unpaired) electrons. The van der Waals surface area contributed by atoms with Crippen LogP contribution in [-0.2, 0) is 4.79 Å². The Kier molecular flexibility index (Phi) is 3.77. The van der Waals surface area contributed by atoms with E-state index in [1.165, 1.54) is 22.7 Å². The molecule has 3 rings (SSSR count). The van der Waals surface area contributed by atoms with Crippen LogP contribution < -0.4 is 4.90 Å². The van der Waals surface area contributed by atoms with Crippen LogP contribution in [0.1, 0.15) is 5.56 Å². The fourth-order valence-electron chi connectivity index (χ4n) is 2.02. The number of aromatic hydroxyl groups is 1. The number of rotatable bonds is 2. The van der Waals surface area contributed by atoms with Gasteiger partial charge in [0.2, 0.25) is 0 Å². The molecule has 0 spiro atoms. The Morgan fingerprint density at radius 1 is 1.10 bits per heavy atom. The SMILES string of the molecule is O=C1/C(=C/c2ccccc2)SC(=S)N1c1cccc(O)c1. The zero-order valence-electron chi connectivity index (χ0n) is 10.9. The van der Waals surface area contributed by atoms with Gasteiger partial charge in [0.25, 0.3) is 5.91 Å². The van der Waals surface area contributed by atoms with Crippen LogP contribution in [0.5, 0.6) is 5.75 Å². The lowest BCUT2D eigenvalue weighted by molar-refractivity contribution is -0.113. The molecule has 3 nitrogen and oxygen atoms in total. The number of thiocarbonyl (C=S) groups is 1. The summed E-state index contributed by atoms with van der Waals surface area (Å²) in [4.78, 5) is 14.5. The fourth-order valence-corrected chi connectivity index (χ4v) is 3.32. The molecule has 104 valence electrons. The average Bonchev–Trinajstić information content (AvgIpc) is 2.74. The normalized spacial score (nSPS) is 16.8. The van der Waals surface area contributed by atoms with Gasteiger partial charge < -0.3 is 5.11 Å². The Hall–Kier alpha value is -2.11. The van der Waals surface area contributed by atoms with E-state index in [4.69, 9.17) is 12.2 Å². The highest BCUT2D eigenvalue weighted by molar-refractivity contribution is 8.27. The Balaban J connectivity index is 1.94. The van der Waals surface area contributed by atoms with Crippen LogP contribution in [0.3, 0.4) is 0 Å². The third-order valence-corrected chi connectivity index (χ3v) is 4.28. The fraction of sp³-hybridized carbons (Fsp3) is 0. The third-order valence-electron chi connectivity index (χ3n) is 2.98. The van der Waals surface area contributed by atoms with Gasteiger partial charge in [-0.25, -0.2) is 0 Å². The molecule has 1 fully saturated rings. The van der Waals surface area contributed by atoms with E-state index in [2.05, 4.69) is 0 Å². The van der Waals surface area contributed by atoms with Gasteiger partial charge in [0, 0.05) is 6.07 Å². The molecule has 0 bridgehead atoms. The number of nitrogens with zero attached hydrogens (tertiary/aromatic N) is 1. The minimum absolute atomic E-state index is 0.105. The Labute approximate surface area is 131 Å². The first kappa shape index (κ1) is 13.9. The molecule has 1 aliphatic heterocycles. The number of phenols is 1. The summed E-state index contributed by atoms with van der Waals surface area (Å²) in [5, 5.41) is 9.54. The van der Waals surface area contributed by atoms with E-state index in [1.54, 1.807) is 18.2 Å². The zero-order valence-corrected chi connectivity index (χ0v) is 12.5. The molecule has 1 heterocycles. The molecule has 0 atom stereocenters. The first-order valence-corrected chi connectivity index (χ1v) is 7.50. The van der Waals surface area contributed by atoms with Crippen LogP contribution in [-0.4, -0.2) is 15.3 Å². The highest BCUT2D eigenvalue weighted by Gasteiger charge is 2.33. The third kappa shape index (κ3) is 2.84. The minimum Gasteiger partial charge on any atom is -0.508 e. The summed E-state index contributed by atoms with van der Waals surface area (Å²) >= 11 is 6.55. The number of carbonyl (C=O) groups is 1. The van der Waals surface area contributed by atoms with Crippen LogP contribution in [0.2, 0.25) is 0 Å². The summed E-state index contributed by atoms with van der Waals surface area (Å²) < 4.78 is 0.466. The van der Waals surface area contributed by atoms with E-state index in [1.807, 2.05) is 36.4 Å². The number of benzene rings is 2. The minimum atomic E-state index is -0.167. The molecule has 2 aromatic carbocycles. The highest BCUT2D eigenvalue weighted by atomic mass is 32.2. The summed E-state index contributed by atoms with van der Waals surface area (Å²) in [6, 6.07) is 16.1. The van der Waals surface area contributed by atoms with Crippen molar-refractivity contribution in [2.24, 2.45) is 0 Å². The molecule has 1 amide bonds. The van der Waals surface area contributed by atoms with Gasteiger partial charge in [-0.2, -0.15) is 0 Å². The second-order valence-electron chi connectivity index (χ2n) is 4.45. The zero-order chi connectivity index (χ0) is 14.8. The molecule has 5 heteroatoms. The van der Waals surface area contributed by atoms with E-state index in [9.17, 15) is 9.90 Å². The van der Waals surface area contributed by atoms with Crippen molar-refractivity contribution in [1.29, 1.82) is 0 Å². The van der Waals surface area contributed by atoms with Crippen LogP contribution in [0, 0.1) is 0 Å². The van der Waals surface area contributed by atoms with Crippen molar-refractivity contribution in [3.05, 3.63) is 65.1 Å². The monoisotopic (exact) mass is 313 g/mol. The summed E-state index contributed by atoms with van der Waals surface area (Å²) in [6.07, 6.45) is 1.82. The van der Waals surface area contributed by atoms with Crippen molar-refractivity contribution in [2.45, 2.75) is 0 Å². The number of hydrogen-bond donors (Lipinski definition) is 1. The van der Waals surface area contributed by atoms with Gasteiger partial charge >= 0.3 is 0 Å². The van der Waals surface area contributed by atoms with Gasteiger partial charge in [-0.1, -0.05) is 60.4 Å².